The van der Waals surface area contributed by atoms with Crippen molar-refractivity contribution >= 4 is 5.91 Å². The number of nitrogens with one attached hydrogen (secondary N) is 2. The molecule has 0 unspecified atom stereocenters. The average molecular weight is 295 g/mol. The van der Waals surface area contributed by atoms with Crippen molar-refractivity contribution in [3.05, 3.63) is 0 Å². The van der Waals surface area contributed by atoms with Crippen LogP contribution in [0.4, 0.5) is 0 Å². The molecule has 4 heteroatoms. The van der Waals surface area contributed by atoms with Gasteiger partial charge in [0.05, 0.1) is 0 Å². The van der Waals surface area contributed by atoms with Gasteiger partial charge in [0, 0.05) is 18.5 Å². The van der Waals surface area contributed by atoms with E-state index >= 15 is 0 Å². The molecule has 0 spiro atoms. The van der Waals surface area contributed by atoms with E-state index in [2.05, 4.69) is 22.6 Å². The summed E-state index contributed by atoms with van der Waals surface area (Å²) in [4.78, 5) is 14.6. The van der Waals surface area contributed by atoms with Crippen molar-refractivity contribution in [3.8, 4) is 0 Å². The Balaban J connectivity index is 1.65. The van der Waals surface area contributed by atoms with Gasteiger partial charge in [-0.3, -0.25) is 4.79 Å². The first kappa shape index (κ1) is 16.8. The molecule has 0 aromatic carbocycles. The first-order chi connectivity index (χ1) is 10.1. The van der Waals surface area contributed by atoms with E-state index < -0.39 is 0 Å². The Hall–Kier alpha value is -0.610. The van der Waals surface area contributed by atoms with Crippen LogP contribution >= 0.6 is 0 Å². The summed E-state index contributed by atoms with van der Waals surface area (Å²) in [5.41, 5.74) is 0.0654. The minimum absolute atomic E-state index is 0.0654. The van der Waals surface area contributed by atoms with Crippen molar-refractivity contribution in [3.63, 3.8) is 0 Å². The molecule has 0 aromatic heterocycles. The molecule has 0 radical (unpaired) electrons. The van der Waals surface area contributed by atoms with Gasteiger partial charge in [0.2, 0.25) is 5.91 Å². The summed E-state index contributed by atoms with van der Waals surface area (Å²) in [5, 5.41) is 6.58. The van der Waals surface area contributed by atoms with Crippen LogP contribution < -0.4 is 10.6 Å². The SMILES string of the molecule is CNC1(CC(=O)NCCC2CCN(C)CC2)CCCCC1. The van der Waals surface area contributed by atoms with Crippen LogP contribution in [0.2, 0.25) is 0 Å². The molecule has 0 bridgehead atoms. The van der Waals surface area contributed by atoms with Crippen LogP contribution in [0.15, 0.2) is 0 Å². The predicted octanol–water partition coefficient (Wildman–Crippen LogP) is 2.15. The van der Waals surface area contributed by atoms with E-state index in [-0.39, 0.29) is 11.4 Å². The number of amides is 1. The number of carbonyl (C=O) groups excluding carboxylic acids is 1. The minimum atomic E-state index is 0.0654. The summed E-state index contributed by atoms with van der Waals surface area (Å²) < 4.78 is 0. The fraction of sp³-hybridized carbons (Fsp3) is 0.941. The standard InChI is InChI=1S/C17H33N3O/c1-18-17(9-4-3-5-10-17)14-16(21)19-11-6-15-7-12-20(2)13-8-15/h15,18H,3-14H2,1-2H3,(H,19,21). The smallest absolute Gasteiger partial charge is 0.221 e. The van der Waals surface area contributed by atoms with E-state index in [0.29, 0.717) is 6.42 Å². The normalized spacial score (nSPS) is 23.9. The van der Waals surface area contributed by atoms with Gasteiger partial charge in [0.15, 0.2) is 0 Å². The lowest BCUT2D eigenvalue weighted by atomic mass is 9.79. The van der Waals surface area contributed by atoms with Crippen molar-refractivity contribution in [2.45, 2.75) is 63.3 Å². The van der Waals surface area contributed by atoms with Crippen molar-refractivity contribution in [1.29, 1.82) is 0 Å². The maximum absolute atomic E-state index is 12.2. The number of rotatable bonds is 6. The maximum atomic E-state index is 12.2. The fourth-order valence-electron chi connectivity index (χ4n) is 3.88. The largest absolute Gasteiger partial charge is 0.356 e. The highest BCUT2D eigenvalue weighted by atomic mass is 16.1. The van der Waals surface area contributed by atoms with E-state index in [0.717, 1.165) is 31.7 Å². The molecule has 1 saturated heterocycles. The second-order valence-electron chi connectivity index (χ2n) is 7.15. The Morgan fingerprint density at radius 2 is 1.86 bits per heavy atom. The van der Waals surface area contributed by atoms with Crippen molar-refractivity contribution in [1.82, 2.24) is 15.5 Å². The van der Waals surface area contributed by atoms with E-state index in [1.165, 1.54) is 45.2 Å². The Labute approximate surface area is 130 Å². The van der Waals surface area contributed by atoms with Gasteiger partial charge in [-0.05, 0) is 65.2 Å². The molecule has 1 heterocycles. The number of carbonyl (C=O) groups is 1. The van der Waals surface area contributed by atoms with Crippen molar-refractivity contribution in [2.24, 2.45) is 5.92 Å². The average Bonchev–Trinajstić information content (AvgIpc) is 2.50. The van der Waals surface area contributed by atoms with Crippen molar-refractivity contribution in [2.75, 3.05) is 33.7 Å². The van der Waals surface area contributed by atoms with Crippen LogP contribution in [-0.4, -0.2) is 50.1 Å². The molecule has 1 aliphatic carbocycles. The van der Waals surface area contributed by atoms with Gasteiger partial charge in [-0.15, -0.1) is 0 Å². The molecule has 21 heavy (non-hydrogen) atoms. The van der Waals surface area contributed by atoms with Crippen molar-refractivity contribution < 1.29 is 4.79 Å². The van der Waals surface area contributed by atoms with Gasteiger partial charge in [-0.2, -0.15) is 0 Å². The topological polar surface area (TPSA) is 44.4 Å². The zero-order chi connectivity index (χ0) is 15.1. The van der Waals surface area contributed by atoms with Crippen LogP contribution in [0, 0.1) is 5.92 Å². The third-order valence-corrected chi connectivity index (χ3v) is 5.55. The molecule has 1 amide bonds. The van der Waals surface area contributed by atoms with E-state index in [9.17, 15) is 4.79 Å². The summed E-state index contributed by atoms with van der Waals surface area (Å²) in [6.45, 7) is 3.27. The Morgan fingerprint density at radius 3 is 2.48 bits per heavy atom. The molecule has 0 aromatic rings. The number of hydrogen-bond acceptors (Lipinski definition) is 3. The van der Waals surface area contributed by atoms with Gasteiger partial charge < -0.3 is 15.5 Å². The number of nitrogens with zero attached hydrogens (tertiary/aromatic N) is 1. The maximum Gasteiger partial charge on any atom is 0.221 e. The second kappa shape index (κ2) is 8.14. The quantitative estimate of drug-likeness (QED) is 0.789. The molecule has 122 valence electrons. The van der Waals surface area contributed by atoms with Gasteiger partial charge >= 0.3 is 0 Å². The van der Waals surface area contributed by atoms with Gasteiger partial charge in [0.1, 0.15) is 0 Å². The Morgan fingerprint density at radius 1 is 1.19 bits per heavy atom. The molecule has 1 saturated carbocycles. The molecule has 2 N–H and O–H groups in total. The zero-order valence-electron chi connectivity index (χ0n) is 13.9. The first-order valence-corrected chi connectivity index (χ1v) is 8.78. The van der Waals surface area contributed by atoms with Crippen LogP contribution in [0.25, 0.3) is 0 Å². The highest BCUT2D eigenvalue weighted by Gasteiger charge is 2.32. The van der Waals surface area contributed by atoms with Gasteiger partial charge in [0.25, 0.3) is 0 Å². The lowest BCUT2D eigenvalue weighted by Gasteiger charge is -2.36. The van der Waals surface area contributed by atoms with Gasteiger partial charge in [-0.1, -0.05) is 19.3 Å². The fourth-order valence-corrected chi connectivity index (χ4v) is 3.88. The molecule has 1 aliphatic heterocycles. The Kier molecular flexibility index (Phi) is 6.49. The minimum Gasteiger partial charge on any atom is -0.356 e. The van der Waals surface area contributed by atoms with E-state index in [4.69, 9.17) is 0 Å². The molecular formula is C17H33N3O. The van der Waals surface area contributed by atoms with Crippen LogP contribution in [0.3, 0.4) is 0 Å². The molecule has 0 atom stereocenters. The third kappa shape index (κ3) is 5.26. The van der Waals surface area contributed by atoms with Crippen LogP contribution in [0.1, 0.15) is 57.8 Å². The summed E-state index contributed by atoms with van der Waals surface area (Å²) in [7, 11) is 4.20. The lowest BCUT2D eigenvalue weighted by molar-refractivity contribution is -0.122. The predicted molar refractivity (Wildman–Crippen MR) is 87.3 cm³/mol. The number of hydrogen-bond donors (Lipinski definition) is 2. The molecule has 4 nitrogen and oxygen atoms in total. The van der Waals surface area contributed by atoms with E-state index in [1.54, 1.807) is 0 Å². The number of likely N-dealkylation sites (tertiary alicyclic amines) is 1. The molecule has 2 aliphatic rings. The third-order valence-electron chi connectivity index (χ3n) is 5.55. The van der Waals surface area contributed by atoms with Crippen LogP contribution in [-0.2, 0) is 4.79 Å². The molecule has 2 fully saturated rings. The van der Waals surface area contributed by atoms with Crippen LogP contribution in [0.5, 0.6) is 0 Å². The second-order valence-corrected chi connectivity index (χ2v) is 7.15. The Bertz CT molecular complexity index is 318. The monoisotopic (exact) mass is 295 g/mol. The zero-order valence-corrected chi connectivity index (χ0v) is 13.9. The lowest BCUT2D eigenvalue weighted by Crippen LogP contribution is -2.48. The molecule has 2 rings (SSSR count). The highest BCUT2D eigenvalue weighted by molar-refractivity contribution is 5.77. The summed E-state index contributed by atoms with van der Waals surface area (Å²) in [6.07, 6.45) is 10.5. The summed E-state index contributed by atoms with van der Waals surface area (Å²) in [6, 6.07) is 0. The molecular weight excluding hydrogens is 262 g/mol. The summed E-state index contributed by atoms with van der Waals surface area (Å²) >= 11 is 0. The number of piperidine rings is 1. The van der Waals surface area contributed by atoms with E-state index in [1.807, 2.05) is 7.05 Å². The first-order valence-electron chi connectivity index (χ1n) is 8.78. The summed E-state index contributed by atoms with van der Waals surface area (Å²) in [5.74, 6) is 1.04. The highest BCUT2D eigenvalue weighted by Crippen LogP contribution is 2.30. The van der Waals surface area contributed by atoms with Gasteiger partial charge in [-0.25, -0.2) is 0 Å².